The molecule has 0 amide bonds. The number of benzene rings is 1. The predicted octanol–water partition coefficient (Wildman–Crippen LogP) is 3.70. The summed E-state index contributed by atoms with van der Waals surface area (Å²) in [6, 6.07) is 7.77. The molecule has 1 aromatic carbocycles. The molecule has 0 atom stereocenters. The van der Waals surface area contributed by atoms with Gasteiger partial charge in [0.2, 0.25) is 0 Å². The molecule has 112 valence electrons. The monoisotopic (exact) mass is 306 g/mol. The van der Waals surface area contributed by atoms with Gasteiger partial charge < -0.3 is 14.4 Å². The van der Waals surface area contributed by atoms with Gasteiger partial charge in [-0.25, -0.2) is 4.98 Å². The van der Waals surface area contributed by atoms with Crippen molar-refractivity contribution in [3.63, 3.8) is 0 Å². The van der Waals surface area contributed by atoms with Crippen molar-refractivity contribution in [2.45, 2.75) is 13.5 Å². The minimum atomic E-state index is 0.489. The Labute approximate surface area is 130 Å². The Bertz CT molecular complexity index is 632. The van der Waals surface area contributed by atoms with Gasteiger partial charge in [-0.3, -0.25) is 0 Å². The van der Waals surface area contributed by atoms with Gasteiger partial charge in [0, 0.05) is 25.5 Å². The quantitative estimate of drug-likeness (QED) is 0.789. The lowest BCUT2D eigenvalue weighted by atomic mass is 10.1. The Morgan fingerprint density at radius 2 is 1.81 bits per heavy atom. The van der Waals surface area contributed by atoms with Crippen LogP contribution in [0.25, 0.3) is 0 Å². The van der Waals surface area contributed by atoms with E-state index in [9.17, 15) is 0 Å². The molecule has 0 saturated heterocycles. The van der Waals surface area contributed by atoms with Crippen LogP contribution in [0.2, 0.25) is 5.15 Å². The standard InChI is InChI=1S/C16H19ClN2O2/c1-11-7-14(20-3)15(21-4)8-12(11)10-19(2)13-5-6-18-16(17)9-13/h5-9H,10H2,1-4H3. The number of rotatable bonds is 5. The van der Waals surface area contributed by atoms with Gasteiger partial charge in [-0.15, -0.1) is 0 Å². The first kappa shape index (κ1) is 15.4. The minimum absolute atomic E-state index is 0.489. The van der Waals surface area contributed by atoms with Crippen LogP contribution in [0.5, 0.6) is 11.5 Å². The fourth-order valence-corrected chi connectivity index (χ4v) is 2.34. The van der Waals surface area contributed by atoms with Crippen LogP contribution in [0.4, 0.5) is 5.69 Å². The Balaban J connectivity index is 2.26. The van der Waals surface area contributed by atoms with Crippen LogP contribution in [0, 0.1) is 6.92 Å². The van der Waals surface area contributed by atoms with Gasteiger partial charge in [0.1, 0.15) is 5.15 Å². The summed E-state index contributed by atoms with van der Waals surface area (Å²) in [5.41, 5.74) is 3.34. The molecule has 0 N–H and O–H groups in total. The topological polar surface area (TPSA) is 34.6 Å². The second kappa shape index (κ2) is 6.68. The van der Waals surface area contributed by atoms with Crippen LogP contribution in [0.1, 0.15) is 11.1 Å². The van der Waals surface area contributed by atoms with Gasteiger partial charge in [0.25, 0.3) is 0 Å². The van der Waals surface area contributed by atoms with Gasteiger partial charge in [0.05, 0.1) is 14.2 Å². The number of pyridine rings is 1. The molecule has 2 aromatic rings. The third-order valence-corrected chi connectivity index (χ3v) is 3.61. The van der Waals surface area contributed by atoms with E-state index in [0.29, 0.717) is 5.15 Å². The fourth-order valence-electron chi connectivity index (χ4n) is 2.17. The SMILES string of the molecule is COc1cc(C)c(CN(C)c2ccnc(Cl)c2)cc1OC. The fraction of sp³-hybridized carbons (Fsp3) is 0.312. The van der Waals surface area contributed by atoms with E-state index in [0.717, 1.165) is 29.3 Å². The van der Waals surface area contributed by atoms with Crippen LogP contribution in [-0.4, -0.2) is 26.3 Å². The van der Waals surface area contributed by atoms with Crippen LogP contribution in [0.15, 0.2) is 30.5 Å². The van der Waals surface area contributed by atoms with E-state index in [1.807, 2.05) is 31.3 Å². The minimum Gasteiger partial charge on any atom is -0.493 e. The summed E-state index contributed by atoms with van der Waals surface area (Å²) in [4.78, 5) is 6.11. The molecule has 0 fully saturated rings. The van der Waals surface area contributed by atoms with E-state index in [4.69, 9.17) is 21.1 Å². The Hall–Kier alpha value is -1.94. The molecule has 0 aliphatic carbocycles. The van der Waals surface area contributed by atoms with Crippen molar-refractivity contribution in [3.05, 3.63) is 46.7 Å². The summed E-state index contributed by atoms with van der Waals surface area (Å²) < 4.78 is 10.7. The number of ether oxygens (including phenoxy) is 2. The number of halogens is 1. The molecule has 4 nitrogen and oxygen atoms in total. The van der Waals surface area contributed by atoms with Gasteiger partial charge in [-0.05, 0) is 42.3 Å². The first-order chi connectivity index (χ1) is 10.0. The summed E-state index contributed by atoms with van der Waals surface area (Å²) in [6.45, 7) is 2.80. The van der Waals surface area contributed by atoms with Gasteiger partial charge in [-0.2, -0.15) is 0 Å². The first-order valence-corrected chi connectivity index (χ1v) is 6.97. The molecule has 0 aliphatic heterocycles. The summed E-state index contributed by atoms with van der Waals surface area (Å²) in [7, 11) is 5.30. The average Bonchev–Trinajstić information content (AvgIpc) is 2.48. The van der Waals surface area contributed by atoms with Crippen molar-refractivity contribution < 1.29 is 9.47 Å². The molecule has 0 aliphatic rings. The lowest BCUT2D eigenvalue weighted by Gasteiger charge is -2.21. The van der Waals surface area contributed by atoms with Crippen LogP contribution < -0.4 is 14.4 Å². The lowest BCUT2D eigenvalue weighted by Crippen LogP contribution is -2.17. The molecule has 0 unspecified atom stereocenters. The van der Waals surface area contributed by atoms with Crippen LogP contribution in [-0.2, 0) is 6.54 Å². The van der Waals surface area contributed by atoms with Gasteiger partial charge >= 0.3 is 0 Å². The molecule has 5 heteroatoms. The van der Waals surface area contributed by atoms with Crippen molar-refractivity contribution in [2.75, 3.05) is 26.2 Å². The number of hydrogen-bond acceptors (Lipinski definition) is 4. The molecule has 2 rings (SSSR count). The Morgan fingerprint density at radius 3 is 2.43 bits per heavy atom. The molecule has 0 bridgehead atoms. The highest BCUT2D eigenvalue weighted by atomic mass is 35.5. The van der Waals surface area contributed by atoms with E-state index < -0.39 is 0 Å². The molecule has 0 spiro atoms. The Kier molecular flexibility index (Phi) is 4.91. The van der Waals surface area contributed by atoms with Gasteiger partial charge in [0.15, 0.2) is 11.5 Å². The smallest absolute Gasteiger partial charge is 0.161 e. The maximum Gasteiger partial charge on any atom is 0.161 e. The second-order valence-electron chi connectivity index (χ2n) is 4.83. The molecule has 0 radical (unpaired) electrons. The second-order valence-corrected chi connectivity index (χ2v) is 5.21. The summed E-state index contributed by atoms with van der Waals surface area (Å²) in [6.07, 6.45) is 1.70. The van der Waals surface area contributed by atoms with Crippen molar-refractivity contribution in [1.29, 1.82) is 0 Å². The maximum atomic E-state index is 5.94. The van der Waals surface area contributed by atoms with E-state index in [2.05, 4.69) is 16.8 Å². The van der Waals surface area contributed by atoms with Crippen LogP contribution >= 0.6 is 11.6 Å². The summed E-state index contributed by atoms with van der Waals surface area (Å²) in [5.74, 6) is 1.48. The van der Waals surface area contributed by atoms with E-state index >= 15 is 0 Å². The zero-order valence-corrected chi connectivity index (χ0v) is 13.4. The largest absolute Gasteiger partial charge is 0.493 e. The van der Waals surface area contributed by atoms with Crippen molar-refractivity contribution in [1.82, 2.24) is 4.98 Å². The maximum absolute atomic E-state index is 5.94. The third kappa shape index (κ3) is 3.58. The first-order valence-electron chi connectivity index (χ1n) is 6.59. The zero-order valence-electron chi connectivity index (χ0n) is 12.7. The highest BCUT2D eigenvalue weighted by Gasteiger charge is 2.11. The summed E-state index contributed by atoms with van der Waals surface area (Å²) in [5, 5.41) is 0.489. The number of nitrogens with zero attached hydrogens (tertiary/aromatic N) is 2. The summed E-state index contributed by atoms with van der Waals surface area (Å²) >= 11 is 5.94. The number of aromatic nitrogens is 1. The number of aryl methyl sites for hydroxylation is 1. The molecule has 21 heavy (non-hydrogen) atoms. The molecular weight excluding hydrogens is 288 g/mol. The molecule has 0 saturated carbocycles. The molecule has 1 heterocycles. The third-order valence-electron chi connectivity index (χ3n) is 3.40. The molecular formula is C16H19ClN2O2. The highest BCUT2D eigenvalue weighted by Crippen LogP contribution is 2.31. The predicted molar refractivity (Wildman–Crippen MR) is 85.6 cm³/mol. The number of hydrogen-bond donors (Lipinski definition) is 0. The highest BCUT2D eigenvalue weighted by molar-refractivity contribution is 6.29. The lowest BCUT2D eigenvalue weighted by molar-refractivity contribution is 0.354. The number of anilines is 1. The van der Waals surface area contributed by atoms with E-state index in [1.54, 1.807) is 20.4 Å². The van der Waals surface area contributed by atoms with Gasteiger partial charge in [-0.1, -0.05) is 11.6 Å². The molecule has 1 aromatic heterocycles. The van der Waals surface area contributed by atoms with Crippen LogP contribution in [0.3, 0.4) is 0 Å². The van der Waals surface area contributed by atoms with E-state index in [-0.39, 0.29) is 0 Å². The Morgan fingerprint density at radius 1 is 1.14 bits per heavy atom. The zero-order chi connectivity index (χ0) is 15.4. The van der Waals surface area contributed by atoms with E-state index in [1.165, 1.54) is 5.56 Å². The average molecular weight is 307 g/mol. The number of methoxy groups -OCH3 is 2. The van der Waals surface area contributed by atoms with Crippen molar-refractivity contribution in [3.8, 4) is 11.5 Å². The van der Waals surface area contributed by atoms with Crippen molar-refractivity contribution >= 4 is 17.3 Å². The normalized spacial score (nSPS) is 10.3. The van der Waals surface area contributed by atoms with Crippen molar-refractivity contribution in [2.24, 2.45) is 0 Å².